The van der Waals surface area contributed by atoms with Crippen molar-refractivity contribution < 1.29 is 19.0 Å². The predicted molar refractivity (Wildman–Crippen MR) is 116 cm³/mol. The lowest BCUT2D eigenvalue weighted by atomic mass is 10.1. The first-order valence-corrected chi connectivity index (χ1v) is 9.99. The van der Waals surface area contributed by atoms with Crippen LogP contribution in [0.4, 0.5) is 5.82 Å². The lowest BCUT2D eigenvalue weighted by molar-refractivity contribution is -0.123. The number of anilines is 1. The molecule has 1 aliphatic rings. The van der Waals surface area contributed by atoms with E-state index in [0.717, 1.165) is 37.4 Å². The van der Waals surface area contributed by atoms with Crippen molar-refractivity contribution in [2.24, 2.45) is 0 Å². The standard InChI is InChI=1S/C21H31N5O4/c1-21(2,3)24-16(27)12-25-7-9-26(10-8-25)20-14-11-15(28-4)18(29-5)19(30-6)17(14)22-13-23-20/h11,13H,7-10,12H2,1-6H3,(H,24,27). The third kappa shape index (κ3) is 4.67. The number of hydrogen-bond acceptors (Lipinski definition) is 8. The van der Waals surface area contributed by atoms with Crippen LogP contribution in [0.25, 0.3) is 10.9 Å². The van der Waals surface area contributed by atoms with E-state index in [1.54, 1.807) is 21.3 Å². The number of benzene rings is 1. The minimum atomic E-state index is -0.224. The Hall–Kier alpha value is -2.81. The van der Waals surface area contributed by atoms with Gasteiger partial charge in [0.1, 0.15) is 17.7 Å². The van der Waals surface area contributed by atoms with Gasteiger partial charge in [-0.1, -0.05) is 0 Å². The van der Waals surface area contributed by atoms with E-state index in [1.807, 2.05) is 26.8 Å². The molecule has 9 nitrogen and oxygen atoms in total. The largest absolute Gasteiger partial charge is 0.493 e. The molecular weight excluding hydrogens is 386 g/mol. The smallest absolute Gasteiger partial charge is 0.234 e. The number of fused-ring (bicyclic) bond motifs is 1. The predicted octanol–water partition coefficient (Wildman–Crippen LogP) is 1.69. The molecule has 1 aliphatic heterocycles. The molecule has 164 valence electrons. The number of ether oxygens (including phenoxy) is 3. The molecule has 1 aromatic carbocycles. The first kappa shape index (κ1) is 21.9. The molecule has 2 aromatic rings. The van der Waals surface area contributed by atoms with Gasteiger partial charge < -0.3 is 24.4 Å². The van der Waals surface area contributed by atoms with Gasteiger partial charge in [0.25, 0.3) is 0 Å². The van der Waals surface area contributed by atoms with Crippen LogP contribution < -0.4 is 24.4 Å². The van der Waals surface area contributed by atoms with Crippen LogP contribution in [0.15, 0.2) is 12.4 Å². The quantitative estimate of drug-likeness (QED) is 0.760. The number of nitrogens with one attached hydrogen (secondary N) is 1. The molecule has 0 bridgehead atoms. The SMILES string of the molecule is COc1cc2c(N3CCN(CC(=O)NC(C)(C)C)CC3)ncnc2c(OC)c1OC. The molecule has 1 aromatic heterocycles. The van der Waals surface area contributed by atoms with Crippen LogP contribution in [0.2, 0.25) is 0 Å². The average Bonchev–Trinajstić information content (AvgIpc) is 2.70. The van der Waals surface area contributed by atoms with Crippen molar-refractivity contribution in [3.63, 3.8) is 0 Å². The first-order valence-electron chi connectivity index (χ1n) is 9.99. The van der Waals surface area contributed by atoms with Crippen LogP contribution in [0.1, 0.15) is 20.8 Å². The number of piperazine rings is 1. The molecule has 0 atom stereocenters. The van der Waals surface area contributed by atoms with Gasteiger partial charge in [0, 0.05) is 31.7 Å². The zero-order valence-electron chi connectivity index (χ0n) is 18.6. The molecule has 9 heteroatoms. The van der Waals surface area contributed by atoms with Gasteiger partial charge in [0.05, 0.1) is 33.3 Å². The zero-order valence-corrected chi connectivity index (χ0v) is 18.6. The third-order valence-corrected chi connectivity index (χ3v) is 4.97. The highest BCUT2D eigenvalue weighted by Gasteiger charge is 2.25. The number of rotatable bonds is 6. The second-order valence-electron chi connectivity index (χ2n) is 8.30. The highest BCUT2D eigenvalue weighted by molar-refractivity contribution is 5.97. The molecule has 1 saturated heterocycles. The lowest BCUT2D eigenvalue weighted by Crippen LogP contribution is -2.52. The van der Waals surface area contributed by atoms with Gasteiger partial charge in [0.15, 0.2) is 11.5 Å². The maximum absolute atomic E-state index is 12.2. The van der Waals surface area contributed by atoms with E-state index in [2.05, 4.69) is 25.1 Å². The van der Waals surface area contributed by atoms with Crippen LogP contribution in [0.3, 0.4) is 0 Å². The second-order valence-corrected chi connectivity index (χ2v) is 8.30. The van der Waals surface area contributed by atoms with Crippen molar-refractivity contribution in [1.82, 2.24) is 20.2 Å². The molecule has 0 radical (unpaired) electrons. The molecule has 30 heavy (non-hydrogen) atoms. The fourth-order valence-corrected chi connectivity index (χ4v) is 3.68. The number of carbonyl (C=O) groups excluding carboxylic acids is 1. The molecule has 0 unspecified atom stereocenters. The molecule has 2 heterocycles. The summed E-state index contributed by atoms with van der Waals surface area (Å²) in [7, 11) is 4.75. The molecule has 1 amide bonds. The summed E-state index contributed by atoms with van der Waals surface area (Å²) in [4.78, 5) is 25.5. The minimum absolute atomic E-state index is 0.0463. The van der Waals surface area contributed by atoms with Gasteiger partial charge in [-0.15, -0.1) is 0 Å². The summed E-state index contributed by atoms with van der Waals surface area (Å²) in [6.07, 6.45) is 1.54. The molecule has 0 saturated carbocycles. The first-order chi connectivity index (χ1) is 14.3. The Morgan fingerprint density at radius 1 is 1.03 bits per heavy atom. The summed E-state index contributed by atoms with van der Waals surface area (Å²) in [6.45, 7) is 9.41. The van der Waals surface area contributed by atoms with Crippen LogP contribution >= 0.6 is 0 Å². The summed E-state index contributed by atoms with van der Waals surface area (Å²) in [6, 6.07) is 1.88. The van der Waals surface area contributed by atoms with E-state index < -0.39 is 0 Å². The van der Waals surface area contributed by atoms with Crippen LogP contribution in [0, 0.1) is 0 Å². The summed E-state index contributed by atoms with van der Waals surface area (Å²) in [5.41, 5.74) is 0.449. The number of aromatic nitrogens is 2. The van der Waals surface area contributed by atoms with Gasteiger partial charge in [-0.3, -0.25) is 9.69 Å². The van der Waals surface area contributed by atoms with E-state index >= 15 is 0 Å². The van der Waals surface area contributed by atoms with E-state index in [1.165, 1.54) is 6.33 Å². The van der Waals surface area contributed by atoms with Crippen molar-refractivity contribution in [3.8, 4) is 17.2 Å². The fraction of sp³-hybridized carbons (Fsp3) is 0.571. The van der Waals surface area contributed by atoms with Crippen molar-refractivity contribution >= 4 is 22.6 Å². The van der Waals surface area contributed by atoms with Crippen LogP contribution in [-0.4, -0.2) is 80.4 Å². The maximum atomic E-state index is 12.2. The highest BCUT2D eigenvalue weighted by atomic mass is 16.5. The topological polar surface area (TPSA) is 89.1 Å². The van der Waals surface area contributed by atoms with E-state index in [-0.39, 0.29) is 11.4 Å². The van der Waals surface area contributed by atoms with Gasteiger partial charge in [0.2, 0.25) is 11.7 Å². The van der Waals surface area contributed by atoms with Gasteiger partial charge in [-0.25, -0.2) is 9.97 Å². The molecule has 0 aliphatic carbocycles. The molecule has 1 fully saturated rings. The summed E-state index contributed by atoms with van der Waals surface area (Å²) >= 11 is 0. The van der Waals surface area contributed by atoms with Gasteiger partial charge in [-0.05, 0) is 26.8 Å². The Labute approximate surface area is 177 Å². The normalized spacial score (nSPS) is 15.2. The Morgan fingerprint density at radius 3 is 2.27 bits per heavy atom. The van der Waals surface area contributed by atoms with E-state index in [0.29, 0.717) is 29.3 Å². The molecular formula is C21H31N5O4. The number of amides is 1. The lowest BCUT2D eigenvalue weighted by Gasteiger charge is -2.36. The second kappa shape index (κ2) is 8.91. The summed E-state index contributed by atoms with van der Waals surface area (Å²) < 4.78 is 16.5. The summed E-state index contributed by atoms with van der Waals surface area (Å²) in [5.74, 6) is 2.46. The van der Waals surface area contributed by atoms with Crippen LogP contribution in [-0.2, 0) is 4.79 Å². The number of hydrogen-bond donors (Lipinski definition) is 1. The van der Waals surface area contributed by atoms with Crippen molar-refractivity contribution in [3.05, 3.63) is 12.4 Å². The van der Waals surface area contributed by atoms with Crippen molar-refractivity contribution in [2.45, 2.75) is 26.3 Å². The summed E-state index contributed by atoms with van der Waals surface area (Å²) in [5, 5.41) is 3.85. The molecule has 1 N–H and O–H groups in total. The monoisotopic (exact) mass is 417 g/mol. The fourth-order valence-electron chi connectivity index (χ4n) is 3.68. The Balaban J connectivity index is 1.81. The molecule has 0 spiro atoms. The van der Waals surface area contributed by atoms with E-state index in [9.17, 15) is 4.79 Å². The van der Waals surface area contributed by atoms with Crippen molar-refractivity contribution in [1.29, 1.82) is 0 Å². The highest BCUT2D eigenvalue weighted by Crippen LogP contribution is 2.44. The van der Waals surface area contributed by atoms with E-state index in [4.69, 9.17) is 14.2 Å². The number of nitrogens with zero attached hydrogens (tertiary/aromatic N) is 4. The van der Waals surface area contributed by atoms with Crippen molar-refractivity contribution in [2.75, 3.05) is 59.0 Å². The number of carbonyl (C=O) groups is 1. The van der Waals surface area contributed by atoms with Gasteiger partial charge >= 0.3 is 0 Å². The molecule has 3 rings (SSSR count). The maximum Gasteiger partial charge on any atom is 0.234 e. The Bertz CT molecular complexity index is 904. The third-order valence-electron chi connectivity index (χ3n) is 4.97. The Kier molecular flexibility index (Phi) is 6.50. The number of methoxy groups -OCH3 is 3. The minimum Gasteiger partial charge on any atom is -0.493 e. The van der Waals surface area contributed by atoms with Crippen LogP contribution in [0.5, 0.6) is 17.2 Å². The zero-order chi connectivity index (χ0) is 21.9. The average molecular weight is 418 g/mol. The Morgan fingerprint density at radius 2 is 1.70 bits per heavy atom. The van der Waals surface area contributed by atoms with Gasteiger partial charge in [-0.2, -0.15) is 0 Å².